The van der Waals surface area contributed by atoms with Crippen LogP contribution in [0.5, 0.6) is 11.5 Å². The predicted molar refractivity (Wildman–Crippen MR) is 139 cm³/mol. The van der Waals surface area contributed by atoms with Crippen LogP contribution in [-0.2, 0) is 4.74 Å². The van der Waals surface area contributed by atoms with Gasteiger partial charge >= 0.3 is 0 Å². The van der Waals surface area contributed by atoms with Crippen molar-refractivity contribution in [1.29, 1.82) is 0 Å². The first-order valence-electron chi connectivity index (χ1n) is 10.7. The van der Waals surface area contributed by atoms with E-state index in [0.29, 0.717) is 25.7 Å². The standard InChI is InChI=1S/C23H29ClN4O3.HI/c1-25-23(27-19-7-8-21-22(15-19)31-12-2-11-30-21)26-16-20(28-9-13-29-14-10-28)17-3-5-18(24)6-4-17;/h3-8,15,20H,2,9-14,16H2,1H3,(H2,25,26,27);1H. The fourth-order valence-electron chi connectivity index (χ4n) is 3.78. The molecule has 4 rings (SSSR count). The number of aliphatic imine (C=N–C) groups is 1. The molecule has 0 saturated carbocycles. The van der Waals surface area contributed by atoms with Crippen molar-refractivity contribution in [2.24, 2.45) is 4.99 Å². The summed E-state index contributed by atoms with van der Waals surface area (Å²) in [5.41, 5.74) is 2.11. The van der Waals surface area contributed by atoms with Crippen molar-refractivity contribution in [3.8, 4) is 11.5 Å². The minimum atomic E-state index is 0. The number of hydrogen-bond acceptors (Lipinski definition) is 5. The molecule has 0 amide bonds. The Labute approximate surface area is 211 Å². The second-order valence-electron chi connectivity index (χ2n) is 7.51. The largest absolute Gasteiger partial charge is 0.490 e. The SMILES string of the molecule is CN=C(NCC(c1ccc(Cl)cc1)N1CCOCC1)Nc1ccc2c(c1)OCCCO2.I. The van der Waals surface area contributed by atoms with E-state index in [1.165, 1.54) is 5.56 Å². The summed E-state index contributed by atoms with van der Waals surface area (Å²) in [4.78, 5) is 6.83. The molecule has 1 saturated heterocycles. The van der Waals surface area contributed by atoms with Gasteiger partial charge < -0.3 is 24.8 Å². The first-order chi connectivity index (χ1) is 15.2. The van der Waals surface area contributed by atoms with Crippen LogP contribution in [0.25, 0.3) is 0 Å². The topological polar surface area (TPSA) is 67.4 Å². The normalized spacial score (nSPS) is 17.6. The van der Waals surface area contributed by atoms with E-state index in [4.69, 9.17) is 25.8 Å². The number of nitrogens with one attached hydrogen (secondary N) is 2. The number of anilines is 1. The number of benzene rings is 2. The highest BCUT2D eigenvalue weighted by atomic mass is 127. The second kappa shape index (κ2) is 12.5. The zero-order valence-electron chi connectivity index (χ0n) is 18.2. The van der Waals surface area contributed by atoms with Crippen LogP contribution in [0.3, 0.4) is 0 Å². The van der Waals surface area contributed by atoms with Gasteiger partial charge in [0.25, 0.3) is 0 Å². The Morgan fingerprint density at radius 3 is 2.47 bits per heavy atom. The van der Waals surface area contributed by atoms with Crippen LogP contribution >= 0.6 is 35.6 Å². The van der Waals surface area contributed by atoms with Gasteiger partial charge in [-0.1, -0.05) is 23.7 Å². The maximum atomic E-state index is 6.11. The monoisotopic (exact) mass is 572 g/mol. The van der Waals surface area contributed by atoms with E-state index in [9.17, 15) is 0 Å². The molecule has 0 radical (unpaired) electrons. The smallest absolute Gasteiger partial charge is 0.195 e. The average Bonchev–Trinajstić information content (AvgIpc) is 3.05. The minimum Gasteiger partial charge on any atom is -0.490 e. The van der Waals surface area contributed by atoms with Crippen LogP contribution in [0.2, 0.25) is 5.02 Å². The number of morpholine rings is 1. The van der Waals surface area contributed by atoms with Gasteiger partial charge in [-0.15, -0.1) is 24.0 Å². The molecule has 2 aliphatic heterocycles. The van der Waals surface area contributed by atoms with Crippen LogP contribution < -0.4 is 20.1 Å². The Bertz CT molecular complexity index is 891. The third kappa shape index (κ3) is 6.63. The highest BCUT2D eigenvalue weighted by molar-refractivity contribution is 14.0. The lowest BCUT2D eigenvalue weighted by atomic mass is 10.0. The first kappa shape index (κ1) is 24.9. The van der Waals surface area contributed by atoms with Gasteiger partial charge in [-0.25, -0.2) is 0 Å². The van der Waals surface area contributed by atoms with Gasteiger partial charge in [0.15, 0.2) is 17.5 Å². The van der Waals surface area contributed by atoms with Crippen LogP contribution in [0.4, 0.5) is 5.69 Å². The van der Waals surface area contributed by atoms with Crippen LogP contribution in [-0.4, -0.2) is 64.0 Å². The van der Waals surface area contributed by atoms with Crippen molar-refractivity contribution in [1.82, 2.24) is 10.2 Å². The van der Waals surface area contributed by atoms with Gasteiger partial charge in [0.1, 0.15) is 0 Å². The molecule has 2 aromatic rings. The van der Waals surface area contributed by atoms with Gasteiger partial charge in [0.05, 0.1) is 32.5 Å². The summed E-state index contributed by atoms with van der Waals surface area (Å²) in [6.07, 6.45) is 0.883. The van der Waals surface area contributed by atoms with Crippen LogP contribution in [0.15, 0.2) is 47.5 Å². The second-order valence-corrected chi connectivity index (χ2v) is 7.94. The molecule has 2 N–H and O–H groups in total. The van der Waals surface area contributed by atoms with E-state index < -0.39 is 0 Å². The van der Waals surface area contributed by atoms with E-state index in [1.54, 1.807) is 7.05 Å². The molecular formula is C23H30ClIN4O3. The Morgan fingerprint density at radius 1 is 1.03 bits per heavy atom. The summed E-state index contributed by atoms with van der Waals surface area (Å²) in [7, 11) is 1.77. The minimum absolute atomic E-state index is 0. The number of nitrogens with zero attached hydrogens (tertiary/aromatic N) is 2. The first-order valence-corrected chi connectivity index (χ1v) is 11.1. The lowest BCUT2D eigenvalue weighted by Crippen LogP contribution is -2.44. The fraction of sp³-hybridized carbons (Fsp3) is 0.435. The molecule has 2 aliphatic rings. The predicted octanol–water partition coefficient (Wildman–Crippen LogP) is 4.18. The molecule has 0 spiro atoms. The summed E-state index contributed by atoms with van der Waals surface area (Å²) in [5.74, 6) is 2.23. The van der Waals surface area contributed by atoms with Gasteiger partial charge in [-0.2, -0.15) is 0 Å². The maximum Gasteiger partial charge on any atom is 0.195 e. The number of halogens is 2. The van der Waals surface area contributed by atoms with E-state index in [-0.39, 0.29) is 30.0 Å². The van der Waals surface area contributed by atoms with Gasteiger partial charge in [0, 0.05) is 49.9 Å². The molecule has 1 unspecified atom stereocenters. The molecule has 0 aromatic heterocycles. The third-order valence-electron chi connectivity index (χ3n) is 5.44. The van der Waals surface area contributed by atoms with E-state index in [1.807, 2.05) is 30.3 Å². The van der Waals surface area contributed by atoms with Crippen molar-refractivity contribution < 1.29 is 14.2 Å². The van der Waals surface area contributed by atoms with Crippen molar-refractivity contribution in [3.05, 3.63) is 53.1 Å². The van der Waals surface area contributed by atoms with Crippen molar-refractivity contribution in [2.75, 3.05) is 58.4 Å². The van der Waals surface area contributed by atoms with Crippen LogP contribution in [0.1, 0.15) is 18.0 Å². The summed E-state index contributed by atoms with van der Waals surface area (Å²) in [5, 5.41) is 7.57. The molecule has 1 atom stereocenters. The highest BCUT2D eigenvalue weighted by Gasteiger charge is 2.23. The van der Waals surface area contributed by atoms with E-state index >= 15 is 0 Å². The highest BCUT2D eigenvalue weighted by Crippen LogP contribution is 2.32. The maximum absolute atomic E-state index is 6.11. The summed E-state index contributed by atoms with van der Waals surface area (Å²) in [6, 6.07) is 14.1. The third-order valence-corrected chi connectivity index (χ3v) is 5.69. The molecule has 174 valence electrons. The lowest BCUT2D eigenvalue weighted by molar-refractivity contribution is 0.0170. The number of rotatable bonds is 5. The zero-order valence-corrected chi connectivity index (χ0v) is 21.3. The van der Waals surface area contributed by atoms with Crippen molar-refractivity contribution >= 4 is 47.2 Å². The summed E-state index contributed by atoms with van der Waals surface area (Å²) in [6.45, 7) is 5.31. The van der Waals surface area contributed by atoms with Gasteiger partial charge in [0.2, 0.25) is 0 Å². The molecule has 2 aromatic carbocycles. The average molecular weight is 573 g/mol. The Morgan fingerprint density at radius 2 is 1.75 bits per heavy atom. The van der Waals surface area contributed by atoms with Crippen molar-refractivity contribution in [2.45, 2.75) is 12.5 Å². The van der Waals surface area contributed by atoms with E-state index in [2.05, 4.69) is 32.7 Å². The molecule has 2 heterocycles. The molecule has 7 nitrogen and oxygen atoms in total. The number of ether oxygens (including phenoxy) is 3. The van der Waals surface area contributed by atoms with Crippen molar-refractivity contribution in [3.63, 3.8) is 0 Å². The Balaban J connectivity index is 0.00000289. The molecule has 32 heavy (non-hydrogen) atoms. The summed E-state index contributed by atoms with van der Waals surface area (Å²) < 4.78 is 17.1. The van der Waals surface area contributed by atoms with Gasteiger partial charge in [-0.3, -0.25) is 9.89 Å². The van der Waals surface area contributed by atoms with Crippen LogP contribution in [0, 0.1) is 0 Å². The molecule has 0 bridgehead atoms. The van der Waals surface area contributed by atoms with Gasteiger partial charge in [-0.05, 0) is 29.8 Å². The fourth-order valence-corrected chi connectivity index (χ4v) is 3.91. The molecule has 9 heteroatoms. The Hall–Kier alpha value is -1.75. The molecule has 0 aliphatic carbocycles. The quantitative estimate of drug-likeness (QED) is 0.318. The zero-order chi connectivity index (χ0) is 21.5. The molecule has 1 fully saturated rings. The summed E-state index contributed by atoms with van der Waals surface area (Å²) >= 11 is 6.11. The number of guanidine groups is 1. The Kier molecular flexibility index (Phi) is 9.70. The lowest BCUT2D eigenvalue weighted by Gasteiger charge is -2.35. The van der Waals surface area contributed by atoms with E-state index in [0.717, 1.165) is 54.9 Å². The number of fused-ring (bicyclic) bond motifs is 1. The number of hydrogen-bond donors (Lipinski definition) is 2. The molecular weight excluding hydrogens is 543 g/mol.